The Bertz CT molecular complexity index is 573. The van der Waals surface area contributed by atoms with Crippen LogP contribution in [0.15, 0.2) is 24.3 Å². The Morgan fingerprint density at radius 1 is 1.08 bits per heavy atom. The molecule has 1 aromatic carbocycles. The third kappa shape index (κ3) is 4.10. The van der Waals surface area contributed by atoms with Crippen molar-refractivity contribution in [3.63, 3.8) is 0 Å². The van der Waals surface area contributed by atoms with Gasteiger partial charge in [0.2, 0.25) is 5.91 Å². The number of carbonyl (C=O) groups excluding carboxylic acids is 1. The van der Waals surface area contributed by atoms with E-state index in [0.29, 0.717) is 31.0 Å². The number of piperidine rings is 1. The van der Waals surface area contributed by atoms with Crippen LogP contribution in [0.1, 0.15) is 50.5 Å². The second-order valence-electron chi connectivity index (χ2n) is 7.82. The molecule has 1 amide bonds. The average Bonchev–Trinajstić information content (AvgIpc) is 3.35. The normalized spacial score (nSPS) is 28.6. The molecule has 0 spiro atoms. The van der Waals surface area contributed by atoms with Gasteiger partial charge in [0.25, 0.3) is 0 Å². The van der Waals surface area contributed by atoms with Gasteiger partial charge in [-0.15, -0.1) is 0 Å². The summed E-state index contributed by atoms with van der Waals surface area (Å²) in [5, 5.41) is 6.74. The van der Waals surface area contributed by atoms with Crippen LogP contribution in [0.4, 0.5) is 0 Å². The Kier molecular flexibility index (Phi) is 4.74. The number of ether oxygens (including phenoxy) is 1. The molecule has 3 aliphatic rings. The Morgan fingerprint density at radius 3 is 2.58 bits per heavy atom. The predicted octanol–water partition coefficient (Wildman–Crippen LogP) is 3.01. The lowest BCUT2D eigenvalue weighted by atomic mass is 9.89. The molecule has 2 atom stereocenters. The molecule has 24 heavy (non-hydrogen) atoms. The minimum absolute atomic E-state index is 0.179. The number of nitrogens with one attached hydrogen (secondary N) is 2. The zero-order chi connectivity index (χ0) is 16.4. The molecule has 1 saturated carbocycles. The third-order valence-corrected chi connectivity index (χ3v) is 5.66. The summed E-state index contributed by atoms with van der Waals surface area (Å²) in [5.41, 5.74) is 1.08. The van der Waals surface area contributed by atoms with Gasteiger partial charge in [0.1, 0.15) is 5.75 Å². The van der Waals surface area contributed by atoms with Crippen molar-refractivity contribution in [2.75, 3.05) is 6.61 Å². The van der Waals surface area contributed by atoms with E-state index in [2.05, 4.69) is 10.6 Å². The lowest BCUT2D eigenvalue weighted by Crippen LogP contribution is -2.39. The van der Waals surface area contributed by atoms with E-state index in [4.69, 9.17) is 4.74 Å². The van der Waals surface area contributed by atoms with Gasteiger partial charge in [0.05, 0.1) is 6.61 Å². The summed E-state index contributed by atoms with van der Waals surface area (Å²) >= 11 is 0. The molecule has 0 radical (unpaired) electrons. The van der Waals surface area contributed by atoms with E-state index in [1.807, 2.05) is 24.3 Å². The van der Waals surface area contributed by atoms with E-state index in [9.17, 15) is 4.79 Å². The molecule has 2 bridgehead atoms. The van der Waals surface area contributed by atoms with E-state index in [-0.39, 0.29) is 5.91 Å². The van der Waals surface area contributed by atoms with Gasteiger partial charge >= 0.3 is 0 Å². The van der Waals surface area contributed by atoms with Gasteiger partial charge in [-0.2, -0.15) is 0 Å². The molecule has 4 heteroatoms. The minimum atomic E-state index is 0.179. The minimum Gasteiger partial charge on any atom is -0.493 e. The Labute approximate surface area is 144 Å². The monoisotopic (exact) mass is 328 g/mol. The second-order valence-corrected chi connectivity index (χ2v) is 7.82. The largest absolute Gasteiger partial charge is 0.493 e. The van der Waals surface area contributed by atoms with Crippen molar-refractivity contribution < 1.29 is 9.53 Å². The predicted molar refractivity (Wildman–Crippen MR) is 93.8 cm³/mol. The summed E-state index contributed by atoms with van der Waals surface area (Å²) in [6, 6.07) is 9.37. The van der Waals surface area contributed by atoms with Crippen molar-refractivity contribution in [2.45, 2.75) is 63.6 Å². The van der Waals surface area contributed by atoms with E-state index in [1.165, 1.54) is 25.7 Å². The summed E-state index contributed by atoms with van der Waals surface area (Å²) in [6.07, 6.45) is 8.13. The summed E-state index contributed by atoms with van der Waals surface area (Å²) in [4.78, 5) is 12.3. The molecule has 2 unspecified atom stereocenters. The number of carbonyl (C=O) groups is 1. The van der Waals surface area contributed by atoms with Crippen LogP contribution in [-0.4, -0.2) is 24.6 Å². The summed E-state index contributed by atoms with van der Waals surface area (Å²) in [5.74, 6) is 2.39. The fourth-order valence-corrected chi connectivity index (χ4v) is 4.15. The Hall–Kier alpha value is -1.55. The number of amides is 1. The molecular formula is C20H28N2O2. The summed E-state index contributed by atoms with van der Waals surface area (Å²) in [6.45, 7) is 1.38. The molecule has 130 valence electrons. The number of hydrogen-bond donors (Lipinski definition) is 2. The lowest BCUT2D eigenvalue weighted by molar-refractivity contribution is -0.122. The highest BCUT2D eigenvalue weighted by Gasteiger charge is 2.34. The molecule has 4 nitrogen and oxygen atoms in total. The smallest absolute Gasteiger partial charge is 0.220 e. The highest BCUT2D eigenvalue weighted by atomic mass is 16.5. The van der Waals surface area contributed by atoms with Crippen molar-refractivity contribution in [1.82, 2.24) is 10.6 Å². The van der Waals surface area contributed by atoms with Crippen LogP contribution >= 0.6 is 0 Å². The molecule has 2 heterocycles. The van der Waals surface area contributed by atoms with Crippen LogP contribution in [0.2, 0.25) is 0 Å². The Balaban J connectivity index is 1.26. The SMILES string of the molecule is O=C(CC1CC2CCC(C1)N2)NCc1ccccc1OCC1CC1. The molecule has 0 aromatic heterocycles. The number of rotatable bonds is 7. The summed E-state index contributed by atoms with van der Waals surface area (Å²) in [7, 11) is 0. The standard InChI is InChI=1S/C20H28N2O2/c23-20(11-15-9-17-7-8-18(10-15)22-17)21-12-16-3-1-2-4-19(16)24-13-14-5-6-14/h1-4,14-15,17-18,22H,5-13H2,(H,21,23). The molecule has 2 aliphatic heterocycles. The highest BCUT2D eigenvalue weighted by Crippen LogP contribution is 2.33. The van der Waals surface area contributed by atoms with Crippen molar-refractivity contribution in [3.05, 3.63) is 29.8 Å². The fourth-order valence-electron chi connectivity index (χ4n) is 4.15. The first-order valence-corrected chi connectivity index (χ1v) is 9.49. The van der Waals surface area contributed by atoms with Gasteiger partial charge in [-0.3, -0.25) is 4.79 Å². The van der Waals surface area contributed by atoms with E-state index in [0.717, 1.165) is 36.7 Å². The van der Waals surface area contributed by atoms with Gasteiger partial charge in [0, 0.05) is 30.6 Å². The van der Waals surface area contributed by atoms with Gasteiger partial charge in [0.15, 0.2) is 0 Å². The number of para-hydroxylation sites is 1. The molecule has 2 N–H and O–H groups in total. The number of hydrogen-bond acceptors (Lipinski definition) is 3. The zero-order valence-electron chi connectivity index (χ0n) is 14.3. The van der Waals surface area contributed by atoms with Crippen LogP contribution in [0.3, 0.4) is 0 Å². The number of benzene rings is 1. The van der Waals surface area contributed by atoms with Gasteiger partial charge in [-0.25, -0.2) is 0 Å². The average molecular weight is 328 g/mol. The van der Waals surface area contributed by atoms with Crippen LogP contribution < -0.4 is 15.4 Å². The first-order chi connectivity index (χ1) is 11.8. The van der Waals surface area contributed by atoms with Crippen LogP contribution in [0.25, 0.3) is 0 Å². The molecule has 2 saturated heterocycles. The van der Waals surface area contributed by atoms with Crippen molar-refractivity contribution in [3.8, 4) is 5.75 Å². The van der Waals surface area contributed by atoms with E-state index >= 15 is 0 Å². The van der Waals surface area contributed by atoms with Crippen LogP contribution in [0.5, 0.6) is 5.75 Å². The maximum absolute atomic E-state index is 12.3. The highest BCUT2D eigenvalue weighted by molar-refractivity contribution is 5.76. The van der Waals surface area contributed by atoms with Gasteiger partial charge in [-0.05, 0) is 56.4 Å². The first kappa shape index (κ1) is 15.9. The zero-order valence-corrected chi connectivity index (χ0v) is 14.3. The topological polar surface area (TPSA) is 50.4 Å². The molecule has 3 fully saturated rings. The van der Waals surface area contributed by atoms with E-state index < -0.39 is 0 Å². The molecule has 1 aromatic rings. The van der Waals surface area contributed by atoms with Crippen LogP contribution in [0, 0.1) is 11.8 Å². The molecular weight excluding hydrogens is 300 g/mol. The molecule has 4 rings (SSSR count). The van der Waals surface area contributed by atoms with Crippen molar-refractivity contribution in [2.24, 2.45) is 11.8 Å². The maximum Gasteiger partial charge on any atom is 0.220 e. The lowest BCUT2D eigenvalue weighted by Gasteiger charge is -2.28. The van der Waals surface area contributed by atoms with Gasteiger partial charge < -0.3 is 15.4 Å². The van der Waals surface area contributed by atoms with Crippen molar-refractivity contribution >= 4 is 5.91 Å². The first-order valence-electron chi connectivity index (χ1n) is 9.49. The molecule has 1 aliphatic carbocycles. The van der Waals surface area contributed by atoms with E-state index in [1.54, 1.807) is 0 Å². The summed E-state index contributed by atoms with van der Waals surface area (Å²) < 4.78 is 5.92. The maximum atomic E-state index is 12.3. The second kappa shape index (κ2) is 7.14. The van der Waals surface area contributed by atoms with Gasteiger partial charge in [-0.1, -0.05) is 18.2 Å². The van der Waals surface area contributed by atoms with Crippen LogP contribution in [-0.2, 0) is 11.3 Å². The third-order valence-electron chi connectivity index (χ3n) is 5.66. The quantitative estimate of drug-likeness (QED) is 0.809. The fraction of sp³-hybridized carbons (Fsp3) is 0.650. The Morgan fingerprint density at radius 2 is 1.83 bits per heavy atom. The van der Waals surface area contributed by atoms with Crippen molar-refractivity contribution in [1.29, 1.82) is 0 Å². The number of fused-ring (bicyclic) bond motifs is 2.